The van der Waals surface area contributed by atoms with Gasteiger partial charge in [0.05, 0.1) is 18.1 Å². The van der Waals surface area contributed by atoms with Crippen LogP contribution in [-0.4, -0.2) is 18.9 Å². The normalized spacial score (nSPS) is 16.6. The Labute approximate surface area is 131 Å². The van der Waals surface area contributed by atoms with Crippen molar-refractivity contribution in [2.24, 2.45) is 5.92 Å². The highest BCUT2D eigenvalue weighted by Gasteiger charge is 2.33. The van der Waals surface area contributed by atoms with Crippen molar-refractivity contribution in [1.82, 2.24) is 0 Å². The Morgan fingerprint density at radius 1 is 1.24 bits per heavy atom. The monoisotopic (exact) mass is 320 g/mol. The predicted octanol–water partition coefficient (Wildman–Crippen LogP) is 3.52. The van der Waals surface area contributed by atoms with Crippen molar-refractivity contribution >= 4 is 34.7 Å². The first-order chi connectivity index (χ1) is 10.1. The number of thiophene rings is 1. The summed E-state index contributed by atoms with van der Waals surface area (Å²) in [5.41, 5.74) is 2.14. The van der Waals surface area contributed by atoms with Crippen LogP contribution in [0.5, 0.6) is 0 Å². The number of carbonyl (C=O) groups is 2. The fourth-order valence-corrected chi connectivity index (χ4v) is 4.04. The van der Waals surface area contributed by atoms with Gasteiger partial charge in [-0.3, -0.25) is 9.59 Å². The molecule has 21 heavy (non-hydrogen) atoms. The highest BCUT2D eigenvalue weighted by molar-refractivity contribution is 7.10. The van der Waals surface area contributed by atoms with E-state index in [4.69, 9.17) is 16.3 Å². The number of esters is 1. The minimum absolute atomic E-state index is 0.0800. The molecule has 1 unspecified atom stereocenters. The van der Waals surface area contributed by atoms with Gasteiger partial charge in [-0.1, -0.05) is 23.7 Å². The number of ketones is 1. The first-order valence-corrected chi connectivity index (χ1v) is 7.84. The molecule has 0 N–H and O–H groups in total. The third-order valence-electron chi connectivity index (χ3n) is 3.76. The number of carbonyl (C=O) groups excluding carboxylic acids is 2. The zero-order chi connectivity index (χ0) is 15.0. The fourth-order valence-electron chi connectivity index (χ4n) is 2.67. The van der Waals surface area contributed by atoms with Crippen molar-refractivity contribution in [3.8, 4) is 0 Å². The van der Waals surface area contributed by atoms with Crippen LogP contribution in [0.25, 0.3) is 0 Å². The van der Waals surface area contributed by atoms with Gasteiger partial charge >= 0.3 is 5.97 Å². The molecule has 5 heteroatoms. The Hall–Kier alpha value is -1.65. The minimum Gasteiger partial charge on any atom is -0.469 e. The van der Waals surface area contributed by atoms with Crippen molar-refractivity contribution in [2.45, 2.75) is 12.8 Å². The maximum atomic E-state index is 12.6. The standard InChI is InChI=1S/C16H13ClO3S/c1-20-16(19)9-6-11-12(8-21-14(11)7-9)15(18)10-4-2-3-5-13(10)17/h2-5,8-9H,6-7H2,1H3. The smallest absolute Gasteiger partial charge is 0.309 e. The van der Waals surface area contributed by atoms with Gasteiger partial charge in [-0.25, -0.2) is 0 Å². The van der Waals surface area contributed by atoms with E-state index in [9.17, 15) is 9.59 Å². The van der Waals surface area contributed by atoms with Crippen LogP contribution in [0.15, 0.2) is 29.6 Å². The van der Waals surface area contributed by atoms with Crippen molar-refractivity contribution in [3.05, 3.63) is 56.2 Å². The summed E-state index contributed by atoms with van der Waals surface area (Å²) in [7, 11) is 1.39. The Morgan fingerprint density at radius 2 is 2.00 bits per heavy atom. The molecule has 1 aromatic carbocycles. The zero-order valence-corrected chi connectivity index (χ0v) is 13.0. The highest BCUT2D eigenvalue weighted by atomic mass is 35.5. The van der Waals surface area contributed by atoms with Gasteiger partial charge in [0, 0.05) is 21.4 Å². The second-order valence-electron chi connectivity index (χ2n) is 4.99. The first kappa shape index (κ1) is 14.3. The SMILES string of the molecule is COC(=O)C1Cc2scc(C(=O)c3ccccc3Cl)c2C1. The van der Waals surface area contributed by atoms with E-state index in [2.05, 4.69) is 0 Å². The van der Waals surface area contributed by atoms with Crippen LogP contribution in [0.3, 0.4) is 0 Å². The molecule has 1 aliphatic rings. The highest BCUT2D eigenvalue weighted by Crippen LogP contribution is 2.36. The molecule has 1 aliphatic carbocycles. The van der Waals surface area contributed by atoms with Gasteiger partial charge in [-0.15, -0.1) is 11.3 Å². The summed E-state index contributed by atoms with van der Waals surface area (Å²) in [5, 5.41) is 2.31. The number of benzene rings is 1. The Morgan fingerprint density at radius 3 is 2.71 bits per heavy atom. The fraction of sp³-hybridized carbons (Fsp3) is 0.250. The molecule has 1 aromatic heterocycles. The molecule has 0 bridgehead atoms. The van der Waals surface area contributed by atoms with E-state index in [0.717, 1.165) is 10.4 Å². The molecule has 0 saturated carbocycles. The van der Waals surface area contributed by atoms with Crippen LogP contribution in [0.4, 0.5) is 0 Å². The Bertz CT molecular complexity index is 720. The molecular formula is C16H13ClO3S. The van der Waals surface area contributed by atoms with Crippen molar-refractivity contribution in [1.29, 1.82) is 0 Å². The van der Waals surface area contributed by atoms with Gasteiger partial charge in [-0.05, 0) is 30.5 Å². The largest absolute Gasteiger partial charge is 0.469 e. The third kappa shape index (κ3) is 2.49. The van der Waals surface area contributed by atoms with Crippen LogP contribution in [-0.2, 0) is 22.4 Å². The summed E-state index contributed by atoms with van der Waals surface area (Å²) in [6.07, 6.45) is 1.22. The lowest BCUT2D eigenvalue weighted by Gasteiger charge is -2.07. The first-order valence-electron chi connectivity index (χ1n) is 6.58. The minimum atomic E-state index is -0.213. The second kappa shape index (κ2) is 5.62. The van der Waals surface area contributed by atoms with E-state index < -0.39 is 0 Å². The van der Waals surface area contributed by atoms with Crippen LogP contribution < -0.4 is 0 Å². The lowest BCUT2D eigenvalue weighted by Crippen LogP contribution is -2.16. The van der Waals surface area contributed by atoms with Gasteiger partial charge in [0.25, 0.3) is 0 Å². The Kier molecular flexibility index (Phi) is 3.83. The number of hydrogen-bond donors (Lipinski definition) is 0. The molecule has 0 radical (unpaired) electrons. The van der Waals surface area contributed by atoms with Gasteiger partial charge in [0.1, 0.15) is 0 Å². The maximum Gasteiger partial charge on any atom is 0.309 e. The molecule has 0 saturated heterocycles. The van der Waals surface area contributed by atoms with E-state index in [0.29, 0.717) is 29.0 Å². The van der Waals surface area contributed by atoms with Gasteiger partial charge < -0.3 is 4.74 Å². The van der Waals surface area contributed by atoms with E-state index in [1.165, 1.54) is 18.4 Å². The number of ether oxygens (including phenoxy) is 1. The van der Waals surface area contributed by atoms with Crippen LogP contribution in [0.2, 0.25) is 5.02 Å². The van der Waals surface area contributed by atoms with Gasteiger partial charge in [-0.2, -0.15) is 0 Å². The van der Waals surface area contributed by atoms with E-state index in [1.807, 2.05) is 5.38 Å². The van der Waals surface area contributed by atoms with E-state index in [-0.39, 0.29) is 17.7 Å². The molecule has 1 atom stereocenters. The molecule has 0 aliphatic heterocycles. The summed E-state index contributed by atoms with van der Waals surface area (Å²) >= 11 is 7.62. The molecule has 2 aromatic rings. The topological polar surface area (TPSA) is 43.4 Å². The lowest BCUT2D eigenvalue weighted by atomic mass is 9.99. The Balaban J connectivity index is 1.92. The van der Waals surface area contributed by atoms with Gasteiger partial charge in [0.2, 0.25) is 0 Å². The van der Waals surface area contributed by atoms with Crippen LogP contribution >= 0.6 is 22.9 Å². The van der Waals surface area contributed by atoms with E-state index in [1.54, 1.807) is 24.3 Å². The number of fused-ring (bicyclic) bond motifs is 1. The molecule has 0 spiro atoms. The van der Waals surface area contributed by atoms with Crippen LogP contribution in [0.1, 0.15) is 26.4 Å². The average Bonchev–Trinajstić information content (AvgIpc) is 3.06. The van der Waals surface area contributed by atoms with Crippen molar-refractivity contribution < 1.29 is 14.3 Å². The van der Waals surface area contributed by atoms with Gasteiger partial charge in [0.15, 0.2) is 5.78 Å². The molecule has 0 fully saturated rings. The molecule has 1 heterocycles. The second-order valence-corrected chi connectivity index (χ2v) is 6.36. The zero-order valence-electron chi connectivity index (χ0n) is 11.4. The quantitative estimate of drug-likeness (QED) is 0.642. The average molecular weight is 321 g/mol. The summed E-state index contributed by atoms with van der Waals surface area (Å²) in [4.78, 5) is 25.4. The van der Waals surface area contributed by atoms with Crippen molar-refractivity contribution in [3.63, 3.8) is 0 Å². The summed E-state index contributed by atoms with van der Waals surface area (Å²) in [6, 6.07) is 7.02. The summed E-state index contributed by atoms with van der Waals surface area (Å²) < 4.78 is 4.80. The lowest BCUT2D eigenvalue weighted by molar-refractivity contribution is -0.145. The molecule has 108 valence electrons. The summed E-state index contributed by atoms with van der Waals surface area (Å²) in [5.74, 6) is -0.464. The molecule has 3 nitrogen and oxygen atoms in total. The maximum absolute atomic E-state index is 12.6. The summed E-state index contributed by atoms with van der Waals surface area (Å²) in [6.45, 7) is 0. The molecular weight excluding hydrogens is 308 g/mol. The predicted molar refractivity (Wildman–Crippen MR) is 82.1 cm³/mol. The number of halogens is 1. The molecule has 0 amide bonds. The van der Waals surface area contributed by atoms with E-state index >= 15 is 0 Å². The number of hydrogen-bond acceptors (Lipinski definition) is 4. The number of methoxy groups -OCH3 is 1. The third-order valence-corrected chi connectivity index (χ3v) is 5.14. The number of rotatable bonds is 3. The van der Waals surface area contributed by atoms with Crippen molar-refractivity contribution in [2.75, 3.05) is 7.11 Å². The van der Waals surface area contributed by atoms with Crippen LogP contribution in [0, 0.1) is 5.92 Å². The molecule has 3 rings (SSSR count).